The fourth-order valence-corrected chi connectivity index (χ4v) is 17.4. The van der Waals surface area contributed by atoms with Gasteiger partial charge in [-0.05, 0) is 163 Å². The van der Waals surface area contributed by atoms with Gasteiger partial charge < -0.3 is 14.5 Å². The fourth-order valence-electron chi connectivity index (χ4n) is 12.6. The van der Waals surface area contributed by atoms with Crippen molar-refractivity contribution in [3.63, 3.8) is 0 Å². The Hall–Kier alpha value is -9.23. The molecule has 1 aliphatic heterocycles. The van der Waals surface area contributed by atoms with Crippen molar-refractivity contribution in [3.8, 4) is 39.6 Å². The van der Waals surface area contributed by atoms with Gasteiger partial charge in [-0.2, -0.15) is 0 Å². The SMILES string of the molecule is Cc1cccc(C)c1-c1ccnc(-n2c3ccc(-c4cccc([Si](c5ccccc5)(c5ccccc5)c5ccccc5)c4)cc3c3ccc(Oc4cccc(N5CN(c6cc(C(C)(C)C)cc(C(C)(C)C)c6)c6ccccc65)c4)cc32)c1. The molecule has 0 N–H and O–H groups in total. The average Bonchev–Trinajstić information content (AvgIpc) is 2.74. The summed E-state index contributed by atoms with van der Waals surface area (Å²) in [5.41, 5.74) is 16.5. The van der Waals surface area contributed by atoms with E-state index < -0.39 is 8.07 Å². The Kier molecular flexibility index (Phi) is 13.2. The molecule has 12 aromatic rings. The van der Waals surface area contributed by atoms with E-state index in [1.807, 2.05) is 6.20 Å². The van der Waals surface area contributed by atoms with Crippen molar-refractivity contribution >= 4 is 73.4 Å². The molecule has 0 unspecified atom stereocenters. The van der Waals surface area contributed by atoms with E-state index in [4.69, 9.17) is 9.72 Å². The summed E-state index contributed by atoms with van der Waals surface area (Å²) in [4.78, 5) is 10.00. The number of para-hydroxylation sites is 2. The first kappa shape index (κ1) is 52.2. The fraction of sp³-hybridized carbons (Fsp3) is 0.145. The van der Waals surface area contributed by atoms with Crippen LogP contribution in [0.15, 0.2) is 255 Å². The quantitative estimate of drug-likeness (QED) is 0.0955. The van der Waals surface area contributed by atoms with Crippen molar-refractivity contribution < 1.29 is 4.74 Å². The molecule has 82 heavy (non-hydrogen) atoms. The molecule has 0 aliphatic carbocycles. The predicted molar refractivity (Wildman–Crippen MR) is 348 cm³/mol. The summed E-state index contributed by atoms with van der Waals surface area (Å²) in [5.74, 6) is 2.35. The maximum atomic E-state index is 6.98. The smallest absolute Gasteiger partial charge is 0.179 e. The number of hydrogen-bond donors (Lipinski definition) is 0. The van der Waals surface area contributed by atoms with Crippen LogP contribution in [0.5, 0.6) is 11.5 Å². The van der Waals surface area contributed by atoms with Crippen LogP contribution in [-0.4, -0.2) is 24.3 Å². The molecule has 0 saturated carbocycles. The first-order valence-corrected chi connectivity index (χ1v) is 30.7. The Morgan fingerprint density at radius 3 is 1.57 bits per heavy atom. The van der Waals surface area contributed by atoms with Crippen LogP contribution < -0.4 is 35.3 Å². The molecule has 0 fully saturated rings. The minimum Gasteiger partial charge on any atom is -0.457 e. The lowest BCUT2D eigenvalue weighted by molar-refractivity contribution is 0.483. The first-order chi connectivity index (χ1) is 39.7. The Morgan fingerprint density at radius 2 is 0.951 bits per heavy atom. The number of rotatable bonds is 11. The molecule has 10 aromatic carbocycles. The molecular weight excluding hydrogens is 1010 g/mol. The Morgan fingerprint density at radius 1 is 0.402 bits per heavy atom. The highest BCUT2D eigenvalue weighted by atomic mass is 28.3. The normalized spacial score (nSPS) is 12.8. The summed E-state index contributed by atoms with van der Waals surface area (Å²) in [5, 5.41) is 7.65. The summed E-state index contributed by atoms with van der Waals surface area (Å²) < 4.78 is 9.30. The van der Waals surface area contributed by atoms with Crippen LogP contribution >= 0.6 is 0 Å². The number of aromatic nitrogens is 2. The van der Waals surface area contributed by atoms with Gasteiger partial charge in [-0.25, -0.2) is 4.98 Å². The Labute approximate surface area is 484 Å². The summed E-state index contributed by atoms with van der Waals surface area (Å²) in [6, 6.07) is 91.6. The number of fused-ring (bicyclic) bond motifs is 4. The third-order valence-corrected chi connectivity index (χ3v) is 21.6. The molecule has 13 rings (SSSR count). The first-order valence-electron chi connectivity index (χ1n) is 28.7. The number of aryl methyl sites for hydroxylation is 2. The van der Waals surface area contributed by atoms with E-state index in [1.165, 1.54) is 65.5 Å². The van der Waals surface area contributed by atoms with Crippen LogP contribution in [0.1, 0.15) is 63.8 Å². The van der Waals surface area contributed by atoms with Crippen LogP contribution in [0.3, 0.4) is 0 Å². The highest BCUT2D eigenvalue weighted by molar-refractivity contribution is 7.19. The number of anilines is 4. The number of ether oxygens (including phenoxy) is 1. The van der Waals surface area contributed by atoms with Crippen LogP contribution in [0.25, 0.3) is 49.9 Å². The van der Waals surface area contributed by atoms with Gasteiger partial charge in [-0.1, -0.05) is 205 Å². The molecule has 0 bridgehead atoms. The maximum absolute atomic E-state index is 6.98. The van der Waals surface area contributed by atoms with E-state index in [-0.39, 0.29) is 10.8 Å². The monoisotopic (exact) mass is 1080 g/mol. The summed E-state index contributed by atoms with van der Waals surface area (Å²) in [6.07, 6.45) is 1.95. The van der Waals surface area contributed by atoms with Crippen LogP contribution in [-0.2, 0) is 10.8 Å². The number of pyridine rings is 1. The van der Waals surface area contributed by atoms with Crippen molar-refractivity contribution in [1.82, 2.24) is 9.55 Å². The molecule has 5 nitrogen and oxygen atoms in total. The molecule has 402 valence electrons. The molecule has 0 spiro atoms. The second kappa shape index (κ2) is 20.7. The van der Waals surface area contributed by atoms with Gasteiger partial charge in [0.2, 0.25) is 0 Å². The summed E-state index contributed by atoms with van der Waals surface area (Å²) >= 11 is 0. The van der Waals surface area contributed by atoms with Gasteiger partial charge in [0.05, 0.1) is 22.4 Å². The van der Waals surface area contributed by atoms with E-state index >= 15 is 0 Å². The Balaban J connectivity index is 0.914. The van der Waals surface area contributed by atoms with E-state index in [0.29, 0.717) is 6.67 Å². The molecule has 1 aliphatic rings. The Bertz CT molecular complexity index is 4190. The third kappa shape index (κ3) is 9.37. The predicted octanol–water partition coefficient (Wildman–Crippen LogP) is 17.1. The van der Waals surface area contributed by atoms with Gasteiger partial charge in [0.1, 0.15) is 24.0 Å². The van der Waals surface area contributed by atoms with Crippen molar-refractivity contribution in [2.75, 3.05) is 16.5 Å². The van der Waals surface area contributed by atoms with Crippen molar-refractivity contribution in [2.24, 2.45) is 0 Å². The van der Waals surface area contributed by atoms with E-state index in [0.717, 1.165) is 61.6 Å². The average molecular weight is 1080 g/mol. The number of hydrogen-bond acceptors (Lipinski definition) is 4. The van der Waals surface area contributed by atoms with Crippen LogP contribution in [0.4, 0.5) is 22.7 Å². The van der Waals surface area contributed by atoms with Gasteiger partial charge in [0.15, 0.2) is 8.07 Å². The number of nitrogens with zero attached hydrogens (tertiary/aromatic N) is 4. The van der Waals surface area contributed by atoms with Gasteiger partial charge in [0.25, 0.3) is 0 Å². The maximum Gasteiger partial charge on any atom is 0.179 e. The van der Waals surface area contributed by atoms with Gasteiger partial charge >= 0.3 is 0 Å². The van der Waals surface area contributed by atoms with Crippen molar-refractivity contribution in [1.29, 1.82) is 0 Å². The lowest BCUT2D eigenvalue weighted by Gasteiger charge is -2.34. The second-order valence-corrected chi connectivity index (χ2v) is 28.0. The highest BCUT2D eigenvalue weighted by Gasteiger charge is 2.41. The van der Waals surface area contributed by atoms with Gasteiger partial charge in [-0.15, -0.1) is 0 Å². The molecule has 6 heteroatoms. The minimum absolute atomic E-state index is 0.000891. The lowest BCUT2D eigenvalue weighted by atomic mass is 9.80. The van der Waals surface area contributed by atoms with E-state index in [9.17, 15) is 0 Å². The summed E-state index contributed by atoms with van der Waals surface area (Å²) in [7, 11) is -2.77. The van der Waals surface area contributed by atoms with Crippen molar-refractivity contribution in [3.05, 3.63) is 277 Å². The summed E-state index contributed by atoms with van der Waals surface area (Å²) in [6.45, 7) is 18.9. The second-order valence-electron chi connectivity index (χ2n) is 24.2. The number of benzene rings is 10. The molecule has 0 amide bonds. The highest BCUT2D eigenvalue weighted by Crippen LogP contribution is 2.47. The molecule has 2 aromatic heterocycles. The topological polar surface area (TPSA) is 33.5 Å². The van der Waals surface area contributed by atoms with Gasteiger partial charge in [-0.3, -0.25) is 4.57 Å². The van der Waals surface area contributed by atoms with E-state index in [2.05, 4.69) is 318 Å². The molecular formula is C76H68N4OSi. The standard InChI is InChI=1S/C76H68N4OSi/c1-52-23-20-24-53(2)74(52)56-41-42-77-73(45-56)80-69-40-37-55(54-25-21-34-66(43-54)82(63-28-12-9-13-29-63,64-30-14-10-15-31-64)65-32-16-11-17-33-65)44-68(69)67-39-38-62(50-72(67)80)81-61-27-22-26-59(49-61)78-51-79(71-36-19-18-35-70(71)78)60-47-57(75(3,4)5)46-58(48-60)76(6,7)8/h9-50H,51H2,1-8H3. The molecule has 0 saturated heterocycles. The largest absolute Gasteiger partial charge is 0.457 e. The van der Waals surface area contributed by atoms with E-state index in [1.54, 1.807) is 0 Å². The molecule has 0 radical (unpaired) electrons. The molecule has 0 atom stereocenters. The van der Waals surface area contributed by atoms with Crippen LogP contribution in [0, 0.1) is 13.8 Å². The zero-order valence-electron chi connectivity index (χ0n) is 48.2. The zero-order valence-corrected chi connectivity index (χ0v) is 49.2. The van der Waals surface area contributed by atoms with Gasteiger partial charge in [0, 0.05) is 40.5 Å². The lowest BCUT2D eigenvalue weighted by Crippen LogP contribution is -2.74. The van der Waals surface area contributed by atoms with Crippen molar-refractivity contribution in [2.45, 2.75) is 66.2 Å². The van der Waals surface area contributed by atoms with Crippen LogP contribution in [0.2, 0.25) is 0 Å². The zero-order chi connectivity index (χ0) is 56.3. The minimum atomic E-state index is -2.77. The third-order valence-electron chi connectivity index (χ3n) is 16.8. The molecule has 3 heterocycles.